The Morgan fingerprint density at radius 3 is 2.62 bits per heavy atom. The van der Waals surface area contributed by atoms with E-state index < -0.39 is 5.97 Å². The smallest absolute Gasteiger partial charge is 0.337 e. The molecule has 0 spiro atoms. The maximum absolute atomic E-state index is 11.2. The number of nitrogens with zero attached hydrogens (tertiary/aromatic N) is 1. The number of aromatic nitrogens is 1. The van der Waals surface area contributed by atoms with E-state index in [-0.39, 0.29) is 5.56 Å². The molecule has 2 aromatic rings. The van der Waals surface area contributed by atoms with Gasteiger partial charge in [0.15, 0.2) is 0 Å². The number of rotatable bonds is 6. The summed E-state index contributed by atoms with van der Waals surface area (Å²) in [5, 5.41) is 9.23. The molecule has 1 aromatic heterocycles. The molecule has 1 aromatic carbocycles. The lowest BCUT2D eigenvalue weighted by atomic mass is 10.1. The van der Waals surface area contributed by atoms with E-state index in [2.05, 4.69) is 4.98 Å². The van der Waals surface area contributed by atoms with Crippen molar-refractivity contribution in [1.29, 1.82) is 0 Å². The zero-order valence-electron chi connectivity index (χ0n) is 12.3. The molecule has 2 rings (SSSR count). The lowest BCUT2D eigenvalue weighted by molar-refractivity contribution is 0.0695. The first kappa shape index (κ1) is 15.0. The van der Waals surface area contributed by atoms with Crippen LogP contribution in [-0.2, 0) is 6.42 Å². The highest BCUT2D eigenvalue weighted by molar-refractivity contribution is 5.89. The molecule has 0 atom stereocenters. The number of aryl methyl sites for hydroxylation is 1. The Labute approximate surface area is 124 Å². The molecule has 21 heavy (non-hydrogen) atoms. The third kappa shape index (κ3) is 3.40. The molecule has 0 saturated heterocycles. The number of carboxylic acids is 1. The summed E-state index contributed by atoms with van der Waals surface area (Å²) in [5.41, 5.74) is 2.52. The monoisotopic (exact) mass is 285 g/mol. The minimum atomic E-state index is -0.935. The summed E-state index contributed by atoms with van der Waals surface area (Å²) in [6.45, 7) is 4.51. The van der Waals surface area contributed by atoms with E-state index in [4.69, 9.17) is 4.74 Å². The van der Waals surface area contributed by atoms with Gasteiger partial charge in [0.25, 0.3) is 0 Å². The van der Waals surface area contributed by atoms with E-state index >= 15 is 0 Å². The largest absolute Gasteiger partial charge is 0.493 e. The standard InChI is InChI=1S/C17H19NO3/c1-3-7-14-13(17(19)20)10-11-15(18-14)12-8-5-6-9-16(12)21-4-2/h5-6,8-11H,3-4,7H2,1-2H3,(H,19,20). The van der Waals surface area contributed by atoms with Gasteiger partial charge in [-0.15, -0.1) is 0 Å². The van der Waals surface area contributed by atoms with Crippen LogP contribution in [0, 0.1) is 0 Å². The van der Waals surface area contributed by atoms with Crippen molar-refractivity contribution in [2.24, 2.45) is 0 Å². The van der Waals surface area contributed by atoms with Crippen LogP contribution in [0.4, 0.5) is 0 Å². The van der Waals surface area contributed by atoms with Crippen molar-refractivity contribution < 1.29 is 14.6 Å². The summed E-state index contributed by atoms with van der Waals surface area (Å²) < 4.78 is 5.61. The fraction of sp³-hybridized carbons (Fsp3) is 0.294. The average Bonchev–Trinajstić information content (AvgIpc) is 2.48. The predicted octanol–water partition coefficient (Wildman–Crippen LogP) is 3.80. The number of carboxylic acid groups (broad SMARTS) is 1. The number of hydrogen-bond acceptors (Lipinski definition) is 3. The molecule has 1 heterocycles. The van der Waals surface area contributed by atoms with Crippen LogP contribution >= 0.6 is 0 Å². The van der Waals surface area contributed by atoms with Crippen molar-refractivity contribution >= 4 is 5.97 Å². The Balaban J connectivity index is 2.50. The van der Waals surface area contributed by atoms with Gasteiger partial charge < -0.3 is 9.84 Å². The molecule has 0 amide bonds. The quantitative estimate of drug-likeness (QED) is 0.877. The zero-order chi connectivity index (χ0) is 15.2. The highest BCUT2D eigenvalue weighted by Crippen LogP contribution is 2.29. The van der Waals surface area contributed by atoms with Gasteiger partial charge >= 0.3 is 5.97 Å². The summed E-state index contributed by atoms with van der Waals surface area (Å²) >= 11 is 0. The van der Waals surface area contributed by atoms with E-state index in [1.807, 2.05) is 38.1 Å². The van der Waals surface area contributed by atoms with Gasteiger partial charge in [0, 0.05) is 5.56 Å². The lowest BCUT2D eigenvalue weighted by Crippen LogP contribution is -2.06. The van der Waals surface area contributed by atoms with Crippen LogP contribution in [0.15, 0.2) is 36.4 Å². The Hall–Kier alpha value is -2.36. The van der Waals surface area contributed by atoms with Gasteiger partial charge in [0.2, 0.25) is 0 Å². The van der Waals surface area contributed by atoms with Gasteiger partial charge in [-0.25, -0.2) is 4.79 Å². The molecule has 0 aliphatic rings. The second kappa shape index (κ2) is 6.88. The van der Waals surface area contributed by atoms with Crippen LogP contribution in [0.25, 0.3) is 11.3 Å². The maximum atomic E-state index is 11.2. The van der Waals surface area contributed by atoms with E-state index in [1.54, 1.807) is 12.1 Å². The molecular weight excluding hydrogens is 266 g/mol. The summed E-state index contributed by atoms with van der Waals surface area (Å²) in [6, 6.07) is 11.0. The molecule has 0 aliphatic heterocycles. The molecule has 4 heteroatoms. The molecule has 0 fully saturated rings. The van der Waals surface area contributed by atoms with E-state index in [0.717, 1.165) is 23.4 Å². The molecule has 0 radical (unpaired) electrons. The number of aromatic carboxylic acids is 1. The van der Waals surface area contributed by atoms with Crippen molar-refractivity contribution in [3.8, 4) is 17.0 Å². The van der Waals surface area contributed by atoms with Crippen molar-refractivity contribution in [1.82, 2.24) is 4.98 Å². The summed E-state index contributed by atoms with van der Waals surface area (Å²) in [4.78, 5) is 15.8. The first-order valence-electron chi connectivity index (χ1n) is 7.12. The molecule has 0 bridgehead atoms. The van der Waals surface area contributed by atoms with Gasteiger partial charge in [0.05, 0.1) is 23.6 Å². The van der Waals surface area contributed by atoms with Crippen molar-refractivity contribution in [3.05, 3.63) is 47.7 Å². The van der Waals surface area contributed by atoms with Crippen LogP contribution in [0.1, 0.15) is 36.3 Å². The van der Waals surface area contributed by atoms with Crippen LogP contribution < -0.4 is 4.74 Å². The second-order valence-electron chi connectivity index (χ2n) is 4.68. The lowest BCUT2D eigenvalue weighted by Gasteiger charge is -2.11. The fourth-order valence-corrected chi connectivity index (χ4v) is 2.23. The number of para-hydroxylation sites is 1. The van der Waals surface area contributed by atoms with Crippen molar-refractivity contribution in [3.63, 3.8) is 0 Å². The van der Waals surface area contributed by atoms with Gasteiger partial charge in [-0.3, -0.25) is 4.98 Å². The van der Waals surface area contributed by atoms with Crippen LogP contribution in [0.2, 0.25) is 0 Å². The Morgan fingerprint density at radius 2 is 1.95 bits per heavy atom. The third-order valence-corrected chi connectivity index (χ3v) is 3.15. The number of carbonyl (C=O) groups is 1. The molecule has 110 valence electrons. The summed E-state index contributed by atoms with van der Waals surface area (Å²) in [5.74, 6) is -0.173. The highest BCUT2D eigenvalue weighted by Gasteiger charge is 2.14. The second-order valence-corrected chi connectivity index (χ2v) is 4.68. The topological polar surface area (TPSA) is 59.4 Å². The first-order chi connectivity index (χ1) is 10.2. The number of benzene rings is 1. The molecule has 4 nitrogen and oxygen atoms in total. The van der Waals surface area contributed by atoms with Crippen LogP contribution in [0.3, 0.4) is 0 Å². The SMILES string of the molecule is CCCc1nc(-c2ccccc2OCC)ccc1C(=O)O. The van der Waals surface area contributed by atoms with E-state index in [1.165, 1.54) is 0 Å². The molecule has 0 saturated carbocycles. The van der Waals surface area contributed by atoms with Gasteiger partial charge in [-0.2, -0.15) is 0 Å². The number of pyridine rings is 1. The minimum Gasteiger partial charge on any atom is -0.493 e. The van der Waals surface area contributed by atoms with Crippen molar-refractivity contribution in [2.75, 3.05) is 6.61 Å². The molecule has 0 aliphatic carbocycles. The van der Waals surface area contributed by atoms with E-state index in [9.17, 15) is 9.90 Å². The molecular formula is C17H19NO3. The van der Waals surface area contributed by atoms with Crippen LogP contribution in [0.5, 0.6) is 5.75 Å². The zero-order valence-corrected chi connectivity index (χ0v) is 12.3. The molecule has 1 N–H and O–H groups in total. The van der Waals surface area contributed by atoms with Gasteiger partial charge in [-0.1, -0.05) is 25.5 Å². The maximum Gasteiger partial charge on any atom is 0.337 e. The van der Waals surface area contributed by atoms with E-state index in [0.29, 0.717) is 18.7 Å². The normalized spacial score (nSPS) is 10.4. The average molecular weight is 285 g/mol. The van der Waals surface area contributed by atoms with Gasteiger partial charge in [0.1, 0.15) is 5.75 Å². The third-order valence-electron chi connectivity index (χ3n) is 3.15. The Kier molecular flexibility index (Phi) is 4.93. The van der Waals surface area contributed by atoms with Gasteiger partial charge in [-0.05, 0) is 37.6 Å². The van der Waals surface area contributed by atoms with Crippen LogP contribution in [-0.4, -0.2) is 22.7 Å². The Bertz CT molecular complexity index is 638. The number of hydrogen-bond donors (Lipinski definition) is 1. The molecule has 0 unspecified atom stereocenters. The number of ether oxygens (including phenoxy) is 1. The first-order valence-corrected chi connectivity index (χ1v) is 7.12. The Morgan fingerprint density at radius 1 is 1.19 bits per heavy atom. The summed E-state index contributed by atoms with van der Waals surface area (Å²) in [7, 11) is 0. The fourth-order valence-electron chi connectivity index (χ4n) is 2.23. The van der Waals surface area contributed by atoms with Crippen molar-refractivity contribution in [2.45, 2.75) is 26.7 Å². The minimum absolute atomic E-state index is 0.273. The highest BCUT2D eigenvalue weighted by atomic mass is 16.5. The summed E-state index contributed by atoms with van der Waals surface area (Å²) in [6.07, 6.45) is 1.50. The predicted molar refractivity (Wildman–Crippen MR) is 81.8 cm³/mol.